The van der Waals surface area contributed by atoms with Crippen LogP contribution in [-0.2, 0) is 16.0 Å². The molecule has 1 saturated carbocycles. The molecule has 2 heterocycles. The van der Waals surface area contributed by atoms with Crippen molar-refractivity contribution in [3.63, 3.8) is 0 Å². The Balaban J connectivity index is 1.60. The SMILES string of the molecule is O=C(Cc1nc(C2CCCO2)no1)C1CCCC1. The first-order chi connectivity index (χ1) is 8.83. The molecule has 1 unspecified atom stereocenters. The van der Waals surface area contributed by atoms with E-state index in [1.165, 1.54) is 12.8 Å². The van der Waals surface area contributed by atoms with Crippen molar-refractivity contribution in [2.45, 2.75) is 51.0 Å². The average molecular weight is 250 g/mol. The molecular weight excluding hydrogens is 232 g/mol. The number of ether oxygens (including phenoxy) is 1. The quantitative estimate of drug-likeness (QED) is 0.819. The van der Waals surface area contributed by atoms with E-state index in [0.717, 1.165) is 32.3 Å². The Bertz CT molecular complexity index is 418. The van der Waals surface area contributed by atoms with Crippen LogP contribution in [0.25, 0.3) is 0 Å². The highest BCUT2D eigenvalue weighted by Gasteiger charge is 2.26. The van der Waals surface area contributed by atoms with Crippen LogP contribution in [0.5, 0.6) is 0 Å². The Morgan fingerprint density at radius 2 is 2.06 bits per heavy atom. The van der Waals surface area contributed by atoms with Crippen molar-refractivity contribution in [1.82, 2.24) is 10.1 Å². The molecule has 2 aliphatic rings. The molecule has 0 aromatic carbocycles. The van der Waals surface area contributed by atoms with Gasteiger partial charge in [0, 0.05) is 12.5 Å². The molecule has 0 amide bonds. The fourth-order valence-corrected chi connectivity index (χ4v) is 2.79. The Kier molecular flexibility index (Phi) is 3.41. The van der Waals surface area contributed by atoms with Gasteiger partial charge in [0.05, 0.1) is 6.42 Å². The van der Waals surface area contributed by atoms with Crippen molar-refractivity contribution in [2.24, 2.45) is 5.92 Å². The first-order valence-electron chi connectivity index (χ1n) is 6.80. The maximum absolute atomic E-state index is 12.0. The summed E-state index contributed by atoms with van der Waals surface area (Å²) in [7, 11) is 0. The molecule has 1 aliphatic carbocycles. The van der Waals surface area contributed by atoms with Crippen molar-refractivity contribution < 1.29 is 14.1 Å². The Morgan fingerprint density at radius 1 is 1.22 bits per heavy atom. The molecule has 2 fully saturated rings. The second-order valence-electron chi connectivity index (χ2n) is 5.17. The van der Waals surface area contributed by atoms with Crippen LogP contribution in [0, 0.1) is 5.92 Å². The molecular formula is C13H18N2O3. The highest BCUT2D eigenvalue weighted by Crippen LogP contribution is 2.28. The van der Waals surface area contributed by atoms with Gasteiger partial charge in [-0.1, -0.05) is 18.0 Å². The van der Waals surface area contributed by atoms with Gasteiger partial charge in [0.2, 0.25) is 11.7 Å². The highest BCUT2D eigenvalue weighted by atomic mass is 16.5. The molecule has 5 heteroatoms. The van der Waals surface area contributed by atoms with E-state index < -0.39 is 0 Å². The fourth-order valence-electron chi connectivity index (χ4n) is 2.79. The van der Waals surface area contributed by atoms with Crippen LogP contribution in [0.15, 0.2) is 4.52 Å². The van der Waals surface area contributed by atoms with Crippen LogP contribution in [-0.4, -0.2) is 22.5 Å². The number of Topliss-reactive ketones (excluding diaryl/α,β-unsaturated/α-hetero) is 1. The van der Waals surface area contributed by atoms with Gasteiger partial charge in [-0.3, -0.25) is 4.79 Å². The molecule has 0 bridgehead atoms. The number of hydrogen-bond donors (Lipinski definition) is 0. The third-order valence-corrected chi connectivity index (χ3v) is 3.84. The zero-order valence-corrected chi connectivity index (χ0v) is 10.4. The van der Waals surface area contributed by atoms with Gasteiger partial charge in [-0.2, -0.15) is 4.98 Å². The lowest BCUT2D eigenvalue weighted by Gasteiger charge is -2.04. The predicted molar refractivity (Wildman–Crippen MR) is 62.9 cm³/mol. The van der Waals surface area contributed by atoms with Crippen LogP contribution in [0.2, 0.25) is 0 Å². The zero-order chi connectivity index (χ0) is 12.4. The van der Waals surface area contributed by atoms with Crippen molar-refractivity contribution in [3.8, 4) is 0 Å². The summed E-state index contributed by atoms with van der Waals surface area (Å²) >= 11 is 0. The van der Waals surface area contributed by atoms with Gasteiger partial charge < -0.3 is 9.26 Å². The number of carbonyl (C=O) groups excluding carboxylic acids is 1. The summed E-state index contributed by atoms with van der Waals surface area (Å²) in [6.07, 6.45) is 6.60. The lowest BCUT2D eigenvalue weighted by molar-refractivity contribution is -0.122. The van der Waals surface area contributed by atoms with E-state index in [-0.39, 0.29) is 24.2 Å². The van der Waals surface area contributed by atoms with Crippen LogP contribution in [0.3, 0.4) is 0 Å². The number of ketones is 1. The normalized spacial score (nSPS) is 24.8. The first kappa shape index (κ1) is 11.8. The minimum Gasteiger partial charge on any atom is -0.370 e. The lowest BCUT2D eigenvalue weighted by atomic mass is 10.0. The Morgan fingerprint density at radius 3 is 2.78 bits per heavy atom. The maximum atomic E-state index is 12.0. The van der Waals surface area contributed by atoms with Crippen LogP contribution in [0.4, 0.5) is 0 Å². The molecule has 0 radical (unpaired) electrons. The van der Waals surface area contributed by atoms with E-state index in [1.54, 1.807) is 0 Å². The van der Waals surface area contributed by atoms with E-state index in [9.17, 15) is 4.79 Å². The smallest absolute Gasteiger partial charge is 0.234 e. The Hall–Kier alpha value is -1.23. The number of nitrogens with zero attached hydrogens (tertiary/aromatic N) is 2. The monoisotopic (exact) mass is 250 g/mol. The van der Waals surface area contributed by atoms with Gasteiger partial charge in [-0.25, -0.2) is 0 Å². The molecule has 1 atom stereocenters. The van der Waals surface area contributed by atoms with E-state index in [4.69, 9.17) is 9.26 Å². The summed E-state index contributed by atoms with van der Waals surface area (Å²) < 4.78 is 10.6. The Labute approximate surface area is 106 Å². The molecule has 0 N–H and O–H groups in total. The minimum atomic E-state index is -0.0379. The predicted octanol–water partition coefficient (Wildman–Crippen LogP) is 2.22. The van der Waals surface area contributed by atoms with Crippen LogP contribution < -0.4 is 0 Å². The second kappa shape index (κ2) is 5.18. The number of hydrogen-bond acceptors (Lipinski definition) is 5. The van der Waals surface area contributed by atoms with E-state index >= 15 is 0 Å². The summed E-state index contributed by atoms with van der Waals surface area (Å²) in [5.74, 6) is 1.50. The van der Waals surface area contributed by atoms with Crippen LogP contribution in [0.1, 0.15) is 56.3 Å². The number of carbonyl (C=O) groups is 1. The second-order valence-corrected chi connectivity index (χ2v) is 5.17. The maximum Gasteiger partial charge on any atom is 0.234 e. The largest absolute Gasteiger partial charge is 0.370 e. The van der Waals surface area contributed by atoms with Crippen molar-refractivity contribution in [3.05, 3.63) is 11.7 Å². The van der Waals surface area contributed by atoms with Gasteiger partial charge in [-0.05, 0) is 25.7 Å². The van der Waals surface area contributed by atoms with Gasteiger partial charge in [-0.15, -0.1) is 0 Å². The molecule has 1 aromatic rings. The summed E-state index contributed by atoms with van der Waals surface area (Å²) in [5.41, 5.74) is 0. The molecule has 0 spiro atoms. The summed E-state index contributed by atoms with van der Waals surface area (Å²) in [5, 5.41) is 3.91. The van der Waals surface area contributed by atoms with Gasteiger partial charge in [0.25, 0.3) is 0 Å². The molecule has 1 saturated heterocycles. The van der Waals surface area contributed by atoms with E-state index in [1.807, 2.05) is 0 Å². The number of rotatable bonds is 4. The summed E-state index contributed by atoms with van der Waals surface area (Å²) in [6, 6.07) is 0. The fraction of sp³-hybridized carbons (Fsp3) is 0.769. The van der Waals surface area contributed by atoms with Gasteiger partial charge >= 0.3 is 0 Å². The third-order valence-electron chi connectivity index (χ3n) is 3.84. The summed E-state index contributed by atoms with van der Waals surface area (Å²) in [6.45, 7) is 0.759. The topological polar surface area (TPSA) is 65.2 Å². The van der Waals surface area contributed by atoms with Crippen molar-refractivity contribution in [1.29, 1.82) is 0 Å². The van der Waals surface area contributed by atoms with E-state index in [2.05, 4.69) is 10.1 Å². The summed E-state index contributed by atoms with van der Waals surface area (Å²) in [4.78, 5) is 16.3. The molecule has 5 nitrogen and oxygen atoms in total. The minimum absolute atomic E-state index is 0.0379. The van der Waals surface area contributed by atoms with Gasteiger partial charge in [0.15, 0.2) is 0 Å². The molecule has 1 aliphatic heterocycles. The standard InChI is InChI=1S/C13H18N2O3/c16-10(9-4-1-2-5-9)8-12-14-13(15-18-12)11-6-3-7-17-11/h9,11H,1-8H2. The molecule has 3 rings (SSSR count). The highest BCUT2D eigenvalue weighted by molar-refractivity contribution is 5.82. The first-order valence-corrected chi connectivity index (χ1v) is 6.80. The van der Waals surface area contributed by atoms with Gasteiger partial charge in [0.1, 0.15) is 11.9 Å². The lowest BCUT2D eigenvalue weighted by Crippen LogP contribution is -2.13. The van der Waals surface area contributed by atoms with E-state index in [0.29, 0.717) is 11.7 Å². The van der Waals surface area contributed by atoms with Crippen molar-refractivity contribution in [2.75, 3.05) is 6.61 Å². The average Bonchev–Trinajstić information content (AvgIpc) is 3.12. The zero-order valence-electron chi connectivity index (χ0n) is 10.4. The third kappa shape index (κ3) is 2.46. The van der Waals surface area contributed by atoms with Crippen LogP contribution >= 0.6 is 0 Å². The number of aromatic nitrogens is 2. The molecule has 98 valence electrons. The molecule has 1 aromatic heterocycles. The molecule has 18 heavy (non-hydrogen) atoms. The van der Waals surface area contributed by atoms with Crippen molar-refractivity contribution >= 4 is 5.78 Å².